The van der Waals surface area contributed by atoms with E-state index in [1.165, 1.54) is 0 Å². The van der Waals surface area contributed by atoms with Crippen LogP contribution >= 0.6 is 34.8 Å². The zero-order chi connectivity index (χ0) is 15.5. The lowest BCUT2D eigenvalue weighted by Crippen LogP contribution is -2.34. The molecule has 0 aliphatic heterocycles. The minimum Gasteiger partial charge on any atom is -0.248 e. The first-order chi connectivity index (χ1) is 10.0. The normalized spacial score (nSPS) is 12.1. The van der Waals surface area contributed by atoms with E-state index >= 15 is 0 Å². The molecule has 1 aromatic heterocycles. The van der Waals surface area contributed by atoms with Crippen molar-refractivity contribution in [3.63, 3.8) is 0 Å². The summed E-state index contributed by atoms with van der Waals surface area (Å²) in [5.74, 6) is 1.66. The molecule has 0 saturated heterocycles. The summed E-state index contributed by atoms with van der Waals surface area (Å²) in [6.07, 6.45) is 2.19. The third-order valence-corrected chi connectivity index (χ3v) is 4.84. The molecule has 0 bridgehead atoms. The zero-order valence-electron chi connectivity index (χ0n) is 12.1. The van der Waals surface area contributed by atoms with Gasteiger partial charge in [-0.1, -0.05) is 23.7 Å². The van der Waals surface area contributed by atoms with Gasteiger partial charge < -0.3 is 0 Å². The lowest BCUT2D eigenvalue weighted by molar-refractivity contribution is 0.454. The molecule has 1 heterocycles. The Morgan fingerprint density at radius 3 is 2.52 bits per heavy atom. The van der Waals surface area contributed by atoms with Gasteiger partial charge in [-0.15, -0.1) is 23.2 Å². The summed E-state index contributed by atoms with van der Waals surface area (Å²) in [5, 5.41) is 4.95. The van der Waals surface area contributed by atoms with Gasteiger partial charge >= 0.3 is 0 Å². The molecule has 0 fully saturated rings. The highest BCUT2D eigenvalue weighted by Gasteiger charge is 2.33. The highest BCUT2D eigenvalue weighted by Crippen LogP contribution is 2.33. The van der Waals surface area contributed by atoms with Crippen molar-refractivity contribution < 1.29 is 0 Å². The van der Waals surface area contributed by atoms with Crippen molar-refractivity contribution in [2.75, 3.05) is 11.8 Å². The number of rotatable bonds is 6. The van der Waals surface area contributed by atoms with Crippen molar-refractivity contribution in [2.24, 2.45) is 0 Å². The largest absolute Gasteiger partial charge is 0.248 e. The third-order valence-electron chi connectivity index (χ3n) is 3.58. The monoisotopic (exact) mass is 345 g/mol. The van der Waals surface area contributed by atoms with Crippen LogP contribution in [0.2, 0.25) is 5.02 Å². The van der Waals surface area contributed by atoms with Crippen LogP contribution in [0.3, 0.4) is 0 Å². The van der Waals surface area contributed by atoms with Crippen molar-refractivity contribution >= 4 is 34.8 Å². The second-order valence-electron chi connectivity index (χ2n) is 5.45. The molecule has 21 heavy (non-hydrogen) atoms. The van der Waals surface area contributed by atoms with Gasteiger partial charge in [-0.05, 0) is 31.5 Å². The van der Waals surface area contributed by atoms with Gasteiger partial charge in [0.25, 0.3) is 0 Å². The van der Waals surface area contributed by atoms with Crippen molar-refractivity contribution in [1.29, 1.82) is 0 Å². The van der Waals surface area contributed by atoms with Gasteiger partial charge in [0.05, 0.1) is 0 Å². The molecule has 0 saturated carbocycles. The maximum Gasteiger partial charge on any atom is 0.138 e. The fraction of sp³-hybridized carbons (Fsp3) is 0.467. The average Bonchev–Trinajstić information content (AvgIpc) is 2.93. The molecule has 0 aliphatic rings. The van der Waals surface area contributed by atoms with Gasteiger partial charge in [0.2, 0.25) is 0 Å². The molecule has 3 nitrogen and oxygen atoms in total. The summed E-state index contributed by atoms with van der Waals surface area (Å²) in [7, 11) is 0. The number of hydrogen-bond acceptors (Lipinski definition) is 2. The van der Waals surface area contributed by atoms with E-state index in [2.05, 4.69) is 23.9 Å². The van der Waals surface area contributed by atoms with E-state index in [1.54, 1.807) is 6.33 Å². The quantitative estimate of drug-likeness (QED) is 0.722. The number of aromatic nitrogens is 3. The first kappa shape index (κ1) is 16.6. The molecular weight excluding hydrogens is 329 g/mol. The fourth-order valence-corrected chi connectivity index (χ4v) is 3.31. The van der Waals surface area contributed by atoms with Crippen LogP contribution in [-0.4, -0.2) is 26.5 Å². The molecule has 114 valence electrons. The SMILES string of the molecule is CC(C)n1ncnc1CC(CCl)(CCl)c1cccc(Cl)c1. The first-order valence-electron chi connectivity index (χ1n) is 6.79. The van der Waals surface area contributed by atoms with Crippen LogP contribution in [0.5, 0.6) is 0 Å². The second kappa shape index (κ2) is 6.99. The average molecular weight is 347 g/mol. The summed E-state index contributed by atoms with van der Waals surface area (Å²) >= 11 is 18.7. The van der Waals surface area contributed by atoms with Crippen LogP contribution in [-0.2, 0) is 11.8 Å². The molecule has 0 radical (unpaired) electrons. The van der Waals surface area contributed by atoms with Crippen LogP contribution in [0.1, 0.15) is 31.3 Å². The van der Waals surface area contributed by atoms with Crippen molar-refractivity contribution in [2.45, 2.75) is 31.7 Å². The van der Waals surface area contributed by atoms with E-state index in [4.69, 9.17) is 34.8 Å². The predicted molar refractivity (Wildman–Crippen MR) is 88.7 cm³/mol. The highest BCUT2D eigenvalue weighted by atomic mass is 35.5. The maximum absolute atomic E-state index is 6.28. The van der Waals surface area contributed by atoms with Crippen LogP contribution in [0.15, 0.2) is 30.6 Å². The fourth-order valence-electron chi connectivity index (χ4n) is 2.34. The molecule has 2 rings (SSSR count). The summed E-state index contributed by atoms with van der Waals surface area (Å²) in [6, 6.07) is 7.92. The van der Waals surface area contributed by atoms with Crippen LogP contribution < -0.4 is 0 Å². The van der Waals surface area contributed by atoms with E-state index < -0.39 is 5.41 Å². The number of nitrogens with zero attached hydrogens (tertiary/aromatic N) is 3. The standard InChI is InChI=1S/C15H18Cl3N3/c1-11(2)21-14(19-10-20-21)7-15(8-16,9-17)12-4-3-5-13(18)6-12/h3-6,10-11H,7-9H2,1-2H3. The predicted octanol–water partition coefficient (Wildman–Crippen LogP) is 4.47. The Hall–Kier alpha value is -0.770. The molecule has 0 atom stereocenters. The van der Waals surface area contributed by atoms with E-state index in [9.17, 15) is 0 Å². The van der Waals surface area contributed by atoms with Crippen LogP contribution in [0, 0.1) is 0 Å². The molecule has 0 spiro atoms. The molecule has 6 heteroatoms. The Kier molecular flexibility index (Phi) is 5.53. The number of hydrogen-bond donors (Lipinski definition) is 0. The molecule has 0 aliphatic carbocycles. The minimum atomic E-state index is -0.409. The lowest BCUT2D eigenvalue weighted by atomic mass is 9.80. The Labute approximate surface area is 140 Å². The summed E-state index contributed by atoms with van der Waals surface area (Å²) in [6.45, 7) is 4.14. The number of halogens is 3. The first-order valence-corrected chi connectivity index (χ1v) is 8.23. The summed E-state index contributed by atoms with van der Waals surface area (Å²) in [5.41, 5.74) is 0.617. The molecule has 1 aromatic carbocycles. The topological polar surface area (TPSA) is 30.7 Å². The van der Waals surface area contributed by atoms with Crippen molar-refractivity contribution in [3.05, 3.63) is 47.0 Å². The van der Waals surface area contributed by atoms with Gasteiger partial charge in [0, 0.05) is 34.7 Å². The van der Waals surface area contributed by atoms with E-state index in [-0.39, 0.29) is 6.04 Å². The van der Waals surface area contributed by atoms with Gasteiger partial charge in [0.15, 0.2) is 0 Å². The van der Waals surface area contributed by atoms with Crippen molar-refractivity contribution in [1.82, 2.24) is 14.8 Å². The third kappa shape index (κ3) is 3.53. The van der Waals surface area contributed by atoms with Crippen LogP contribution in [0.25, 0.3) is 0 Å². The van der Waals surface area contributed by atoms with Gasteiger partial charge in [-0.25, -0.2) is 9.67 Å². The molecule has 0 N–H and O–H groups in total. The van der Waals surface area contributed by atoms with Gasteiger partial charge in [0.1, 0.15) is 12.2 Å². The molecule has 0 amide bonds. The molecule has 0 unspecified atom stereocenters. The van der Waals surface area contributed by atoms with E-state index in [1.807, 2.05) is 28.9 Å². The Balaban J connectivity index is 2.41. The Morgan fingerprint density at radius 2 is 1.95 bits per heavy atom. The minimum absolute atomic E-state index is 0.241. The van der Waals surface area contributed by atoms with E-state index in [0.29, 0.717) is 23.2 Å². The highest BCUT2D eigenvalue weighted by molar-refractivity contribution is 6.30. The lowest BCUT2D eigenvalue weighted by Gasteiger charge is -2.30. The Bertz CT molecular complexity index is 591. The van der Waals surface area contributed by atoms with Crippen LogP contribution in [0.4, 0.5) is 0 Å². The Morgan fingerprint density at radius 1 is 1.24 bits per heavy atom. The zero-order valence-corrected chi connectivity index (χ0v) is 14.3. The maximum atomic E-state index is 6.28. The van der Waals surface area contributed by atoms with Gasteiger partial charge in [-0.3, -0.25) is 0 Å². The van der Waals surface area contributed by atoms with Crippen molar-refractivity contribution in [3.8, 4) is 0 Å². The molecular formula is C15H18Cl3N3. The van der Waals surface area contributed by atoms with E-state index in [0.717, 1.165) is 11.4 Å². The summed E-state index contributed by atoms with van der Waals surface area (Å²) < 4.78 is 1.90. The number of benzene rings is 1. The summed E-state index contributed by atoms with van der Waals surface area (Å²) in [4.78, 5) is 4.37. The molecule has 2 aromatic rings. The van der Waals surface area contributed by atoms with Gasteiger partial charge in [-0.2, -0.15) is 5.10 Å². The second-order valence-corrected chi connectivity index (χ2v) is 6.42. The smallest absolute Gasteiger partial charge is 0.138 e. The number of alkyl halides is 2.